The van der Waals surface area contributed by atoms with Crippen molar-refractivity contribution in [3.63, 3.8) is 0 Å². The number of aryl methyl sites for hydroxylation is 2. The number of rotatable bonds is 11. The highest BCUT2D eigenvalue weighted by Gasteiger charge is 2.21. The van der Waals surface area contributed by atoms with Gasteiger partial charge in [-0.1, -0.05) is 32.9 Å². The minimum absolute atomic E-state index is 0.154. The van der Waals surface area contributed by atoms with Crippen molar-refractivity contribution in [3.8, 4) is 0 Å². The fraction of sp³-hybridized carbons (Fsp3) is 0.619. The molecule has 7 heteroatoms. The first-order valence-corrected chi connectivity index (χ1v) is 10.4. The second-order valence-corrected chi connectivity index (χ2v) is 6.57. The fourth-order valence-corrected chi connectivity index (χ4v) is 3.36. The Kier molecular flexibility index (Phi) is 9.07. The van der Waals surface area contributed by atoms with E-state index < -0.39 is 0 Å². The van der Waals surface area contributed by atoms with Crippen molar-refractivity contribution in [2.45, 2.75) is 60.0 Å². The fourth-order valence-electron chi connectivity index (χ4n) is 3.36. The molecule has 7 nitrogen and oxygen atoms in total. The molecule has 1 unspecified atom stereocenters. The highest BCUT2D eigenvalue weighted by molar-refractivity contribution is 5.79. The second kappa shape index (κ2) is 11.5. The molecule has 2 heterocycles. The molecular weight excluding hydrogens is 354 g/mol. The van der Waals surface area contributed by atoms with E-state index in [1.165, 1.54) is 0 Å². The van der Waals surface area contributed by atoms with Gasteiger partial charge in [-0.25, -0.2) is 4.99 Å². The van der Waals surface area contributed by atoms with Crippen LogP contribution in [-0.2, 0) is 19.4 Å². The average Bonchev–Trinajstić information content (AvgIpc) is 3.38. The third-order valence-corrected chi connectivity index (χ3v) is 4.93. The van der Waals surface area contributed by atoms with Gasteiger partial charge in [-0.3, -0.25) is 4.90 Å². The minimum Gasteiger partial charge on any atom is -0.468 e. The highest BCUT2D eigenvalue weighted by Crippen LogP contribution is 2.20. The van der Waals surface area contributed by atoms with Crippen LogP contribution in [0.15, 0.2) is 32.3 Å². The topological polar surface area (TPSA) is 78.8 Å². The Labute approximate surface area is 168 Å². The molecule has 0 aliphatic heterocycles. The van der Waals surface area contributed by atoms with Crippen molar-refractivity contribution >= 4 is 5.96 Å². The van der Waals surface area contributed by atoms with E-state index in [1.807, 2.05) is 12.1 Å². The molecule has 2 rings (SSSR count). The largest absolute Gasteiger partial charge is 0.468 e. The third kappa shape index (κ3) is 5.61. The van der Waals surface area contributed by atoms with Crippen LogP contribution in [0.1, 0.15) is 63.4 Å². The van der Waals surface area contributed by atoms with Crippen molar-refractivity contribution in [1.29, 1.82) is 0 Å². The summed E-state index contributed by atoms with van der Waals surface area (Å²) in [7, 11) is 0. The lowest BCUT2D eigenvalue weighted by atomic mass is 10.1. The number of likely N-dealkylation sites (N-methyl/N-ethyl adjacent to an activating group) is 1. The summed E-state index contributed by atoms with van der Waals surface area (Å²) in [6.07, 6.45) is 3.40. The summed E-state index contributed by atoms with van der Waals surface area (Å²) in [5.74, 6) is 2.68. The number of aliphatic imine (C=N–C) groups is 1. The summed E-state index contributed by atoms with van der Waals surface area (Å²) in [5.41, 5.74) is 2.10. The maximum Gasteiger partial charge on any atom is 0.191 e. The van der Waals surface area contributed by atoms with Gasteiger partial charge in [0, 0.05) is 25.1 Å². The lowest BCUT2D eigenvalue weighted by molar-refractivity contribution is 0.193. The molecule has 0 radical (unpaired) electrons. The Balaban J connectivity index is 2.12. The molecule has 1 atom stereocenters. The van der Waals surface area contributed by atoms with Gasteiger partial charge in [0.25, 0.3) is 0 Å². The number of furan rings is 1. The molecule has 0 spiro atoms. The predicted octanol–water partition coefficient (Wildman–Crippen LogP) is 3.53. The maximum atomic E-state index is 5.69. The van der Waals surface area contributed by atoms with Gasteiger partial charge in [0.2, 0.25) is 0 Å². The van der Waals surface area contributed by atoms with Gasteiger partial charge in [0.15, 0.2) is 5.96 Å². The molecule has 0 fully saturated rings. The molecular formula is C21H35N5O2. The van der Waals surface area contributed by atoms with Gasteiger partial charge in [-0.2, -0.15) is 0 Å². The summed E-state index contributed by atoms with van der Waals surface area (Å²) >= 11 is 0. The zero-order chi connectivity index (χ0) is 20.4. The summed E-state index contributed by atoms with van der Waals surface area (Å²) < 4.78 is 11.1. The van der Waals surface area contributed by atoms with E-state index in [0.29, 0.717) is 13.1 Å². The normalized spacial score (nSPS) is 13.1. The van der Waals surface area contributed by atoms with Crippen LogP contribution in [0.3, 0.4) is 0 Å². The molecule has 2 aromatic rings. The van der Waals surface area contributed by atoms with E-state index in [-0.39, 0.29) is 6.04 Å². The Morgan fingerprint density at radius 3 is 2.50 bits per heavy atom. The van der Waals surface area contributed by atoms with Crippen LogP contribution in [-0.4, -0.2) is 42.2 Å². The van der Waals surface area contributed by atoms with Crippen LogP contribution in [0.25, 0.3) is 0 Å². The van der Waals surface area contributed by atoms with Crippen molar-refractivity contribution in [1.82, 2.24) is 20.7 Å². The highest BCUT2D eigenvalue weighted by atomic mass is 16.5. The number of nitrogens with zero attached hydrogens (tertiary/aromatic N) is 3. The third-order valence-electron chi connectivity index (χ3n) is 4.93. The summed E-state index contributed by atoms with van der Waals surface area (Å²) in [6, 6.07) is 4.13. The SMILES string of the molecule is CCNC(=NCc1c(CC)noc1CC)NCC(c1ccco1)N(CC)CC. The van der Waals surface area contributed by atoms with E-state index in [1.54, 1.807) is 6.26 Å². The van der Waals surface area contributed by atoms with Crippen LogP contribution in [0, 0.1) is 0 Å². The summed E-state index contributed by atoms with van der Waals surface area (Å²) in [6.45, 7) is 14.6. The van der Waals surface area contributed by atoms with Crippen molar-refractivity contribution in [2.24, 2.45) is 4.99 Å². The van der Waals surface area contributed by atoms with Crippen molar-refractivity contribution in [2.75, 3.05) is 26.2 Å². The van der Waals surface area contributed by atoms with Gasteiger partial charge in [0.05, 0.1) is 24.5 Å². The molecule has 0 aliphatic rings. The predicted molar refractivity (Wildman–Crippen MR) is 112 cm³/mol. The molecule has 0 aromatic carbocycles. The standard InChI is InChI=1S/C21H35N5O2/c1-6-17-16(19(7-2)28-25-17)14-23-21(22-8-3)24-15-18(26(9-4)10-5)20-12-11-13-27-20/h11-13,18H,6-10,14-15H2,1-5H3,(H2,22,23,24). The Bertz CT molecular complexity index is 683. The first-order valence-electron chi connectivity index (χ1n) is 10.4. The van der Waals surface area contributed by atoms with Gasteiger partial charge < -0.3 is 19.6 Å². The first kappa shape index (κ1) is 22.0. The Morgan fingerprint density at radius 2 is 1.93 bits per heavy atom. The smallest absolute Gasteiger partial charge is 0.191 e. The van der Waals surface area contributed by atoms with E-state index in [4.69, 9.17) is 13.9 Å². The average molecular weight is 390 g/mol. The minimum atomic E-state index is 0.154. The Hall–Kier alpha value is -2.28. The van der Waals surface area contributed by atoms with E-state index in [9.17, 15) is 0 Å². The molecule has 0 saturated heterocycles. The number of hydrogen-bond donors (Lipinski definition) is 2. The summed E-state index contributed by atoms with van der Waals surface area (Å²) in [4.78, 5) is 7.16. The second-order valence-electron chi connectivity index (χ2n) is 6.57. The Morgan fingerprint density at radius 1 is 1.14 bits per heavy atom. The molecule has 0 saturated carbocycles. The van der Waals surface area contributed by atoms with Crippen LogP contribution in [0.4, 0.5) is 0 Å². The van der Waals surface area contributed by atoms with Gasteiger partial charge >= 0.3 is 0 Å². The number of guanidine groups is 1. The molecule has 0 aliphatic carbocycles. The molecule has 156 valence electrons. The van der Waals surface area contributed by atoms with Crippen LogP contribution >= 0.6 is 0 Å². The molecule has 0 amide bonds. The monoisotopic (exact) mass is 389 g/mol. The van der Waals surface area contributed by atoms with Crippen molar-refractivity contribution in [3.05, 3.63) is 41.2 Å². The molecule has 0 bridgehead atoms. The van der Waals surface area contributed by atoms with Gasteiger partial charge in [-0.05, 0) is 38.6 Å². The molecule has 2 N–H and O–H groups in total. The van der Waals surface area contributed by atoms with E-state index >= 15 is 0 Å². The van der Waals surface area contributed by atoms with Gasteiger partial charge in [0.1, 0.15) is 11.5 Å². The lowest BCUT2D eigenvalue weighted by Crippen LogP contribution is -2.43. The molecule has 28 heavy (non-hydrogen) atoms. The van der Waals surface area contributed by atoms with E-state index in [2.05, 4.69) is 55.3 Å². The number of aromatic nitrogens is 1. The molecule has 2 aromatic heterocycles. The first-order chi connectivity index (χ1) is 13.7. The lowest BCUT2D eigenvalue weighted by Gasteiger charge is -2.28. The maximum absolute atomic E-state index is 5.69. The van der Waals surface area contributed by atoms with Crippen LogP contribution < -0.4 is 10.6 Å². The zero-order valence-corrected chi connectivity index (χ0v) is 17.9. The van der Waals surface area contributed by atoms with Crippen LogP contribution in [0.5, 0.6) is 0 Å². The van der Waals surface area contributed by atoms with E-state index in [0.717, 1.165) is 61.2 Å². The zero-order valence-electron chi connectivity index (χ0n) is 17.9. The summed E-state index contributed by atoms with van der Waals surface area (Å²) in [5, 5.41) is 11.0. The number of nitrogens with one attached hydrogen (secondary N) is 2. The van der Waals surface area contributed by atoms with Crippen molar-refractivity contribution < 1.29 is 8.94 Å². The number of hydrogen-bond acceptors (Lipinski definition) is 5. The van der Waals surface area contributed by atoms with Crippen LogP contribution in [0.2, 0.25) is 0 Å². The van der Waals surface area contributed by atoms with Gasteiger partial charge in [-0.15, -0.1) is 0 Å². The quantitative estimate of drug-likeness (QED) is 0.452.